The molecule has 0 aliphatic rings. The molecule has 0 fully saturated rings. The summed E-state index contributed by atoms with van der Waals surface area (Å²) in [5.41, 5.74) is 6.32. The average molecular weight is 275 g/mol. The maximum Gasteiger partial charge on any atom is 0.214 e. The van der Waals surface area contributed by atoms with Crippen molar-refractivity contribution in [3.05, 3.63) is 48.3 Å². The van der Waals surface area contributed by atoms with E-state index in [1.165, 1.54) is 12.1 Å². The molecule has 2 N–H and O–H groups in total. The first-order valence-corrected chi connectivity index (χ1v) is 6.49. The molecule has 2 rings (SSSR count). The van der Waals surface area contributed by atoms with E-state index >= 15 is 0 Å². The lowest BCUT2D eigenvalue weighted by Crippen LogP contribution is -2.22. The predicted molar refractivity (Wildman–Crippen MR) is 77.9 cm³/mol. The predicted octanol–water partition coefficient (Wildman–Crippen LogP) is 2.72. The molecule has 4 nitrogen and oxygen atoms in total. The van der Waals surface area contributed by atoms with Gasteiger partial charge in [0.25, 0.3) is 0 Å². The van der Waals surface area contributed by atoms with Gasteiger partial charge in [0.2, 0.25) is 5.88 Å². The van der Waals surface area contributed by atoms with Gasteiger partial charge in [0.15, 0.2) is 0 Å². The number of nitrogens with zero attached hydrogens (tertiary/aromatic N) is 2. The molecule has 0 atom stereocenters. The molecule has 0 saturated heterocycles. The number of nitrogens with two attached hydrogens (primary N) is 1. The Balaban J connectivity index is 2.35. The van der Waals surface area contributed by atoms with E-state index in [0.717, 1.165) is 12.1 Å². The zero-order valence-electron chi connectivity index (χ0n) is 11.4. The number of hydrogen-bond donors (Lipinski definition) is 1. The molecule has 0 bridgehead atoms. The van der Waals surface area contributed by atoms with Gasteiger partial charge >= 0.3 is 0 Å². The summed E-state index contributed by atoms with van der Waals surface area (Å²) < 4.78 is 18.5. The van der Waals surface area contributed by atoms with Crippen LogP contribution < -0.4 is 15.4 Å². The molecular weight excluding hydrogens is 257 g/mol. The van der Waals surface area contributed by atoms with Crippen molar-refractivity contribution in [1.29, 1.82) is 0 Å². The molecule has 1 aromatic heterocycles. The van der Waals surface area contributed by atoms with E-state index in [4.69, 9.17) is 10.5 Å². The summed E-state index contributed by atoms with van der Waals surface area (Å²) in [7, 11) is 1.57. The highest BCUT2D eigenvalue weighted by Crippen LogP contribution is 2.25. The molecule has 0 unspecified atom stereocenters. The van der Waals surface area contributed by atoms with Gasteiger partial charge in [-0.3, -0.25) is 0 Å². The van der Waals surface area contributed by atoms with E-state index in [1.807, 2.05) is 23.1 Å². The summed E-state index contributed by atoms with van der Waals surface area (Å²) >= 11 is 0. The van der Waals surface area contributed by atoms with Crippen LogP contribution in [0.2, 0.25) is 0 Å². The average Bonchev–Trinajstić information content (AvgIpc) is 2.48. The fraction of sp³-hybridized carbons (Fsp3) is 0.267. The topological polar surface area (TPSA) is 51.4 Å². The van der Waals surface area contributed by atoms with Gasteiger partial charge in [0, 0.05) is 18.3 Å². The monoisotopic (exact) mass is 275 g/mol. The van der Waals surface area contributed by atoms with Gasteiger partial charge in [-0.15, -0.1) is 0 Å². The van der Waals surface area contributed by atoms with Gasteiger partial charge in [-0.05, 0) is 37.2 Å². The van der Waals surface area contributed by atoms with Gasteiger partial charge in [-0.2, -0.15) is 4.98 Å². The van der Waals surface area contributed by atoms with E-state index in [1.54, 1.807) is 19.2 Å². The maximum absolute atomic E-state index is 13.4. The number of benzene rings is 1. The fourth-order valence-electron chi connectivity index (χ4n) is 1.94. The largest absolute Gasteiger partial charge is 0.481 e. The molecule has 2 aromatic rings. The Kier molecular flexibility index (Phi) is 4.90. The molecule has 5 heteroatoms. The second-order valence-corrected chi connectivity index (χ2v) is 4.31. The Labute approximate surface area is 118 Å². The summed E-state index contributed by atoms with van der Waals surface area (Å²) in [5, 5.41) is 0. The summed E-state index contributed by atoms with van der Waals surface area (Å²) in [4.78, 5) is 6.32. The number of methoxy groups -OCH3 is 1. The van der Waals surface area contributed by atoms with Crippen LogP contribution in [0.15, 0.2) is 42.5 Å². The van der Waals surface area contributed by atoms with E-state index < -0.39 is 0 Å². The van der Waals surface area contributed by atoms with Crippen molar-refractivity contribution in [2.45, 2.75) is 6.42 Å². The highest BCUT2D eigenvalue weighted by molar-refractivity contribution is 5.60. The molecule has 1 aromatic carbocycles. The van der Waals surface area contributed by atoms with E-state index in [-0.39, 0.29) is 5.82 Å². The van der Waals surface area contributed by atoms with Crippen molar-refractivity contribution in [3.63, 3.8) is 0 Å². The molecule has 106 valence electrons. The Morgan fingerprint density at radius 1 is 1.25 bits per heavy atom. The van der Waals surface area contributed by atoms with Crippen LogP contribution in [0.4, 0.5) is 15.9 Å². The van der Waals surface area contributed by atoms with Gasteiger partial charge in [0.05, 0.1) is 7.11 Å². The molecule has 1 heterocycles. The second-order valence-electron chi connectivity index (χ2n) is 4.31. The smallest absolute Gasteiger partial charge is 0.214 e. The first kappa shape index (κ1) is 14.3. The Morgan fingerprint density at radius 2 is 2.05 bits per heavy atom. The Bertz CT molecular complexity index is 562. The van der Waals surface area contributed by atoms with Crippen LogP contribution in [0.3, 0.4) is 0 Å². The van der Waals surface area contributed by atoms with Crippen molar-refractivity contribution < 1.29 is 9.13 Å². The standard InChI is InChI=1S/C15H18FN3O/c1-20-15-8-3-7-14(18-15)19(10-4-9-17)13-6-2-5-12(16)11-13/h2-3,5-8,11H,4,9-10,17H2,1H3. The summed E-state index contributed by atoms with van der Waals surface area (Å²) in [5.74, 6) is 0.961. The molecular formula is C15H18FN3O. The first-order chi connectivity index (χ1) is 9.74. The first-order valence-electron chi connectivity index (χ1n) is 6.49. The normalized spacial score (nSPS) is 10.3. The van der Waals surface area contributed by atoms with Crippen LogP contribution in [0.5, 0.6) is 5.88 Å². The Hall–Kier alpha value is -2.14. The number of aromatic nitrogens is 1. The van der Waals surface area contributed by atoms with Gasteiger partial charge in [-0.25, -0.2) is 4.39 Å². The molecule has 0 amide bonds. The lowest BCUT2D eigenvalue weighted by Gasteiger charge is -2.24. The van der Waals surface area contributed by atoms with Crippen LogP contribution in [0.1, 0.15) is 6.42 Å². The number of pyridine rings is 1. The zero-order chi connectivity index (χ0) is 14.4. The van der Waals surface area contributed by atoms with Crippen molar-refractivity contribution in [2.75, 3.05) is 25.1 Å². The third kappa shape index (κ3) is 3.45. The van der Waals surface area contributed by atoms with E-state index in [0.29, 0.717) is 24.8 Å². The van der Waals surface area contributed by atoms with Crippen molar-refractivity contribution >= 4 is 11.5 Å². The highest BCUT2D eigenvalue weighted by atomic mass is 19.1. The number of hydrogen-bond acceptors (Lipinski definition) is 4. The molecule has 0 spiro atoms. The second kappa shape index (κ2) is 6.86. The molecule has 20 heavy (non-hydrogen) atoms. The summed E-state index contributed by atoms with van der Waals surface area (Å²) in [6.07, 6.45) is 0.787. The molecule has 0 saturated carbocycles. The van der Waals surface area contributed by atoms with E-state index in [9.17, 15) is 4.39 Å². The van der Waals surface area contributed by atoms with Gasteiger partial charge in [0.1, 0.15) is 11.6 Å². The maximum atomic E-state index is 13.4. The Morgan fingerprint density at radius 3 is 2.75 bits per heavy atom. The minimum atomic E-state index is -0.275. The number of halogens is 1. The van der Waals surface area contributed by atoms with Crippen molar-refractivity contribution in [1.82, 2.24) is 4.98 Å². The minimum absolute atomic E-state index is 0.275. The van der Waals surface area contributed by atoms with Crippen LogP contribution in [0, 0.1) is 5.82 Å². The third-order valence-electron chi connectivity index (χ3n) is 2.90. The zero-order valence-corrected chi connectivity index (χ0v) is 11.4. The highest BCUT2D eigenvalue weighted by Gasteiger charge is 2.11. The number of ether oxygens (including phenoxy) is 1. The van der Waals surface area contributed by atoms with Crippen molar-refractivity contribution in [2.24, 2.45) is 5.73 Å². The summed E-state index contributed by atoms with van der Waals surface area (Å²) in [6.45, 7) is 1.23. The number of rotatable bonds is 6. The number of anilines is 2. The van der Waals surface area contributed by atoms with Crippen LogP contribution in [-0.4, -0.2) is 25.2 Å². The van der Waals surface area contributed by atoms with Gasteiger partial charge < -0.3 is 15.4 Å². The van der Waals surface area contributed by atoms with Crippen LogP contribution >= 0.6 is 0 Å². The quantitative estimate of drug-likeness (QED) is 0.880. The molecule has 0 aliphatic carbocycles. The van der Waals surface area contributed by atoms with E-state index in [2.05, 4.69) is 4.98 Å². The van der Waals surface area contributed by atoms with Crippen LogP contribution in [-0.2, 0) is 0 Å². The SMILES string of the molecule is COc1cccc(N(CCCN)c2cccc(F)c2)n1. The van der Waals surface area contributed by atoms with Crippen LogP contribution in [0.25, 0.3) is 0 Å². The van der Waals surface area contributed by atoms with Crippen molar-refractivity contribution in [3.8, 4) is 5.88 Å². The molecule has 0 radical (unpaired) electrons. The van der Waals surface area contributed by atoms with Gasteiger partial charge in [-0.1, -0.05) is 12.1 Å². The third-order valence-corrected chi connectivity index (χ3v) is 2.90. The fourth-order valence-corrected chi connectivity index (χ4v) is 1.94. The summed E-state index contributed by atoms with van der Waals surface area (Å²) in [6, 6.07) is 11.9. The minimum Gasteiger partial charge on any atom is -0.481 e. The molecule has 0 aliphatic heterocycles. The lowest BCUT2D eigenvalue weighted by atomic mass is 10.2. The lowest BCUT2D eigenvalue weighted by molar-refractivity contribution is 0.398.